The molecule has 1 aromatic carbocycles. The van der Waals surface area contributed by atoms with Crippen molar-refractivity contribution in [2.75, 3.05) is 52.0 Å². The van der Waals surface area contributed by atoms with E-state index in [2.05, 4.69) is 20.2 Å². The number of aromatic nitrogens is 2. The topological polar surface area (TPSA) is 89.0 Å². The van der Waals surface area contributed by atoms with E-state index >= 15 is 0 Å². The van der Waals surface area contributed by atoms with Crippen molar-refractivity contribution in [1.29, 1.82) is 0 Å². The Bertz CT molecular complexity index is 762. The van der Waals surface area contributed by atoms with Crippen molar-refractivity contribution in [2.24, 2.45) is 0 Å². The van der Waals surface area contributed by atoms with E-state index in [-0.39, 0.29) is 0 Å². The Morgan fingerprint density at radius 2 is 2.10 bits per heavy atom. The number of ether oxygens (including phenoxy) is 3. The highest BCUT2D eigenvalue weighted by Crippen LogP contribution is 2.28. The van der Waals surface area contributed by atoms with Gasteiger partial charge in [-0.05, 0) is 30.5 Å². The average Bonchev–Trinajstić information content (AvgIpc) is 2.75. The van der Waals surface area contributed by atoms with Crippen LogP contribution < -0.4 is 19.7 Å². The van der Waals surface area contributed by atoms with Crippen molar-refractivity contribution in [1.82, 2.24) is 15.3 Å². The van der Waals surface area contributed by atoms with Gasteiger partial charge in [-0.25, -0.2) is 4.98 Å². The Labute approximate surface area is 171 Å². The lowest BCUT2D eigenvalue weighted by Crippen LogP contribution is -2.53. The summed E-state index contributed by atoms with van der Waals surface area (Å²) in [6, 6.07) is 5.84. The summed E-state index contributed by atoms with van der Waals surface area (Å²) in [5.41, 5.74) is 0.253. The number of anilines is 1. The lowest BCUT2D eigenvalue weighted by Gasteiger charge is -2.39. The molecule has 2 heterocycles. The predicted octanol–water partition coefficient (Wildman–Crippen LogP) is 1.63. The van der Waals surface area contributed by atoms with Crippen molar-refractivity contribution < 1.29 is 19.3 Å². The van der Waals surface area contributed by atoms with Crippen LogP contribution in [0.2, 0.25) is 0 Å². The molecule has 158 valence electrons. The van der Waals surface area contributed by atoms with Crippen LogP contribution in [-0.4, -0.2) is 67.7 Å². The highest BCUT2D eigenvalue weighted by molar-refractivity contribution is 5.43. The lowest BCUT2D eigenvalue weighted by molar-refractivity contribution is 0.0258. The van der Waals surface area contributed by atoms with Crippen molar-refractivity contribution in [2.45, 2.75) is 25.0 Å². The van der Waals surface area contributed by atoms with Gasteiger partial charge in [0, 0.05) is 45.7 Å². The molecular weight excluding hydrogens is 372 g/mol. The van der Waals surface area contributed by atoms with Gasteiger partial charge < -0.3 is 29.5 Å². The number of β-amino-alcohol motifs (C(OH)–C–C–N with tert-alkyl or cyclic N) is 1. The van der Waals surface area contributed by atoms with Crippen molar-refractivity contribution in [3.8, 4) is 11.5 Å². The molecule has 0 aliphatic carbocycles. The molecule has 2 N–H and O–H groups in total. The Morgan fingerprint density at radius 1 is 1.21 bits per heavy atom. The number of hydrogen-bond donors (Lipinski definition) is 2. The minimum Gasteiger partial charge on any atom is -0.493 e. The molecule has 1 aromatic heterocycles. The third-order valence-corrected chi connectivity index (χ3v) is 4.99. The number of aliphatic hydroxyl groups is 1. The van der Waals surface area contributed by atoms with E-state index in [4.69, 9.17) is 14.2 Å². The largest absolute Gasteiger partial charge is 0.493 e. The molecule has 0 radical (unpaired) electrons. The third-order valence-electron chi connectivity index (χ3n) is 4.99. The molecule has 0 bridgehead atoms. The molecule has 1 saturated heterocycles. The second-order valence-corrected chi connectivity index (χ2v) is 7.24. The molecule has 0 amide bonds. The van der Waals surface area contributed by atoms with Crippen LogP contribution in [0.15, 0.2) is 36.8 Å². The normalized spacial score (nSPS) is 19.2. The smallest absolute Gasteiger partial charge is 0.161 e. The van der Waals surface area contributed by atoms with Crippen molar-refractivity contribution >= 4 is 5.82 Å². The number of methoxy groups -OCH3 is 2. The number of rotatable bonds is 10. The number of nitrogens with zero attached hydrogens (tertiary/aromatic N) is 3. The Kier molecular flexibility index (Phi) is 7.62. The van der Waals surface area contributed by atoms with Crippen LogP contribution in [0.4, 0.5) is 5.82 Å². The van der Waals surface area contributed by atoms with Gasteiger partial charge in [-0.2, -0.15) is 0 Å². The van der Waals surface area contributed by atoms with Crippen LogP contribution >= 0.6 is 0 Å². The summed E-state index contributed by atoms with van der Waals surface area (Å²) in [6.07, 6.45) is 6.74. The van der Waals surface area contributed by atoms with Crippen molar-refractivity contribution in [3.63, 3.8) is 0 Å². The fraction of sp³-hybridized carbons (Fsp3) is 0.524. The lowest BCUT2D eigenvalue weighted by atomic mass is 9.92. The zero-order valence-electron chi connectivity index (χ0n) is 17.1. The second kappa shape index (κ2) is 10.4. The van der Waals surface area contributed by atoms with Crippen molar-refractivity contribution in [3.05, 3.63) is 42.4 Å². The molecule has 1 atom stereocenters. The van der Waals surface area contributed by atoms with Crippen LogP contribution in [0.1, 0.15) is 18.4 Å². The van der Waals surface area contributed by atoms with Crippen LogP contribution in [0.5, 0.6) is 11.5 Å². The first kappa shape index (κ1) is 21.3. The van der Waals surface area contributed by atoms with Gasteiger partial charge in [0.15, 0.2) is 11.5 Å². The van der Waals surface area contributed by atoms with Crippen LogP contribution in [0.25, 0.3) is 0 Å². The molecular formula is C21H30N4O4. The summed E-state index contributed by atoms with van der Waals surface area (Å²) >= 11 is 0. The highest BCUT2D eigenvalue weighted by Gasteiger charge is 2.33. The van der Waals surface area contributed by atoms with E-state index in [0.717, 1.165) is 30.8 Å². The molecule has 29 heavy (non-hydrogen) atoms. The van der Waals surface area contributed by atoms with E-state index in [9.17, 15) is 5.11 Å². The Morgan fingerprint density at radius 3 is 2.86 bits per heavy atom. The monoisotopic (exact) mass is 402 g/mol. The summed E-state index contributed by atoms with van der Waals surface area (Å²) in [7, 11) is 3.26. The summed E-state index contributed by atoms with van der Waals surface area (Å²) in [6.45, 7) is 3.50. The van der Waals surface area contributed by atoms with Gasteiger partial charge in [-0.1, -0.05) is 6.07 Å². The zero-order chi connectivity index (χ0) is 20.5. The minimum atomic E-state index is -0.806. The second-order valence-electron chi connectivity index (χ2n) is 7.24. The highest BCUT2D eigenvalue weighted by atomic mass is 16.5. The summed E-state index contributed by atoms with van der Waals surface area (Å²) in [5, 5.41) is 14.4. The molecule has 1 fully saturated rings. The first-order chi connectivity index (χ1) is 14.1. The van der Waals surface area contributed by atoms with Gasteiger partial charge >= 0.3 is 0 Å². The summed E-state index contributed by atoms with van der Waals surface area (Å²) in [5.74, 6) is 2.18. The molecule has 2 aromatic rings. The van der Waals surface area contributed by atoms with Crippen LogP contribution in [0, 0.1) is 0 Å². The van der Waals surface area contributed by atoms with E-state index in [1.807, 2.05) is 18.2 Å². The number of nitrogens with one attached hydrogen (secondary N) is 1. The third kappa shape index (κ3) is 6.03. The Balaban J connectivity index is 1.55. The van der Waals surface area contributed by atoms with Crippen LogP contribution in [-0.2, 0) is 11.3 Å². The molecule has 0 saturated carbocycles. The quantitative estimate of drug-likeness (QED) is 0.580. The zero-order valence-corrected chi connectivity index (χ0v) is 17.1. The molecule has 3 rings (SSSR count). The molecule has 0 unspecified atom stereocenters. The van der Waals surface area contributed by atoms with Gasteiger partial charge in [-0.3, -0.25) is 4.98 Å². The summed E-state index contributed by atoms with van der Waals surface area (Å²) in [4.78, 5) is 10.6. The first-order valence-corrected chi connectivity index (χ1v) is 9.86. The van der Waals surface area contributed by atoms with E-state index in [1.165, 1.54) is 0 Å². The number of benzene rings is 1. The maximum absolute atomic E-state index is 11.1. The standard InChI is InChI=1S/C21H30N4O4/c1-27-10-11-29-19-12-17(4-5-18(19)28-2)13-23-15-21(26)6-3-9-25(16-21)20-14-22-7-8-24-20/h4-5,7-8,12,14,23,26H,3,6,9-11,13,15-16H2,1-2H3/t21-/m0/s1. The molecule has 1 aliphatic heterocycles. The van der Waals surface area contributed by atoms with E-state index in [1.54, 1.807) is 32.8 Å². The van der Waals surface area contributed by atoms with E-state index < -0.39 is 5.60 Å². The van der Waals surface area contributed by atoms with Gasteiger partial charge in [-0.15, -0.1) is 0 Å². The Hall–Kier alpha value is -2.42. The average molecular weight is 402 g/mol. The van der Waals surface area contributed by atoms with Gasteiger partial charge in [0.1, 0.15) is 12.4 Å². The number of piperidine rings is 1. The van der Waals surface area contributed by atoms with E-state index in [0.29, 0.717) is 44.3 Å². The molecule has 1 aliphatic rings. The minimum absolute atomic E-state index is 0.460. The summed E-state index contributed by atoms with van der Waals surface area (Å²) < 4.78 is 16.1. The van der Waals surface area contributed by atoms with Crippen LogP contribution in [0.3, 0.4) is 0 Å². The molecule has 8 heteroatoms. The fourth-order valence-corrected chi connectivity index (χ4v) is 3.53. The first-order valence-electron chi connectivity index (χ1n) is 9.86. The van der Waals surface area contributed by atoms with Gasteiger partial charge in [0.2, 0.25) is 0 Å². The molecule has 8 nitrogen and oxygen atoms in total. The SMILES string of the molecule is COCCOc1cc(CNC[C@@]2(O)CCCN(c3cnccn3)C2)ccc1OC. The maximum Gasteiger partial charge on any atom is 0.161 e. The predicted molar refractivity (Wildman–Crippen MR) is 111 cm³/mol. The maximum atomic E-state index is 11.1. The molecule has 0 spiro atoms. The fourth-order valence-electron chi connectivity index (χ4n) is 3.53. The van der Waals surface area contributed by atoms with Gasteiger partial charge in [0.05, 0.1) is 25.5 Å². The number of hydrogen-bond acceptors (Lipinski definition) is 8. The van der Waals surface area contributed by atoms with Gasteiger partial charge in [0.25, 0.3) is 0 Å².